The molecule has 0 aliphatic carbocycles. The summed E-state index contributed by atoms with van der Waals surface area (Å²) in [7, 11) is 0. The van der Waals surface area contributed by atoms with Gasteiger partial charge in [-0.15, -0.1) is 0 Å². The third-order valence-corrected chi connectivity index (χ3v) is 6.22. The highest BCUT2D eigenvalue weighted by Crippen LogP contribution is 2.31. The van der Waals surface area contributed by atoms with Crippen LogP contribution in [0.3, 0.4) is 0 Å². The molecule has 0 unspecified atom stereocenters. The Labute approximate surface area is 211 Å². The third kappa shape index (κ3) is 5.63. The lowest BCUT2D eigenvalue weighted by Crippen LogP contribution is -2.22. The number of thiazole rings is 1. The first-order valence-electron chi connectivity index (χ1n) is 11.4. The number of hydrogen-bond acceptors (Lipinski definition) is 8. The second-order valence-electron chi connectivity index (χ2n) is 8.72. The minimum atomic E-state index is -0.534. The van der Waals surface area contributed by atoms with E-state index in [0.717, 1.165) is 16.9 Å². The van der Waals surface area contributed by atoms with Crippen molar-refractivity contribution in [2.45, 2.75) is 27.7 Å². The zero-order valence-corrected chi connectivity index (χ0v) is 21.2. The summed E-state index contributed by atoms with van der Waals surface area (Å²) in [5, 5.41) is 3.21. The Bertz CT molecular complexity index is 1470. The van der Waals surface area contributed by atoms with Crippen LogP contribution < -0.4 is 15.5 Å². The van der Waals surface area contributed by atoms with Crippen LogP contribution in [-0.4, -0.2) is 30.1 Å². The van der Waals surface area contributed by atoms with Gasteiger partial charge in [0.15, 0.2) is 17.5 Å². The molecule has 8 nitrogen and oxygen atoms in total. The highest BCUT2D eigenvalue weighted by Gasteiger charge is 2.21. The average Bonchev–Trinajstić information content (AvgIpc) is 3.21. The van der Waals surface area contributed by atoms with Gasteiger partial charge in [0.1, 0.15) is 10.5 Å². The van der Waals surface area contributed by atoms with Gasteiger partial charge >= 0.3 is 5.97 Å². The molecule has 9 heteroatoms. The fourth-order valence-electron chi connectivity index (χ4n) is 3.43. The summed E-state index contributed by atoms with van der Waals surface area (Å²) in [5.74, 6) is -0.621. The molecule has 186 valence electrons. The molecular weight excluding hydrogens is 480 g/mol. The molecule has 2 heterocycles. The van der Waals surface area contributed by atoms with E-state index in [1.165, 1.54) is 0 Å². The molecule has 4 rings (SSSR count). The molecule has 0 bridgehead atoms. The normalized spacial score (nSPS) is 11.0. The lowest BCUT2D eigenvalue weighted by Gasteiger charge is -2.11. The van der Waals surface area contributed by atoms with Gasteiger partial charge in [0.05, 0.1) is 17.7 Å². The van der Waals surface area contributed by atoms with E-state index in [1.807, 2.05) is 45.0 Å². The van der Waals surface area contributed by atoms with E-state index in [1.54, 1.807) is 31.2 Å². The molecule has 0 fully saturated rings. The summed E-state index contributed by atoms with van der Waals surface area (Å²) in [6.45, 7) is 7.31. The van der Waals surface area contributed by atoms with Crippen LogP contribution >= 0.6 is 11.3 Å². The topological polar surface area (TPSA) is 108 Å². The van der Waals surface area contributed by atoms with Crippen LogP contribution in [0.1, 0.15) is 34.8 Å². The summed E-state index contributed by atoms with van der Waals surface area (Å²) in [6.07, 6.45) is 0. The molecule has 0 radical (unpaired) electrons. The van der Waals surface area contributed by atoms with Gasteiger partial charge in [0, 0.05) is 5.56 Å². The smallest absolute Gasteiger partial charge is 0.350 e. The molecule has 0 spiro atoms. The fourth-order valence-corrected chi connectivity index (χ4v) is 4.31. The van der Waals surface area contributed by atoms with Crippen molar-refractivity contribution in [3.63, 3.8) is 0 Å². The number of carbonyl (C=O) groups is 2. The zero-order chi connectivity index (χ0) is 25.8. The number of nitrogens with one attached hydrogen (secondary N) is 1. The first-order chi connectivity index (χ1) is 17.2. The van der Waals surface area contributed by atoms with Gasteiger partial charge in [-0.1, -0.05) is 61.6 Å². The van der Waals surface area contributed by atoms with E-state index in [4.69, 9.17) is 13.9 Å². The van der Waals surface area contributed by atoms with E-state index in [2.05, 4.69) is 10.3 Å². The van der Waals surface area contributed by atoms with Crippen molar-refractivity contribution in [1.82, 2.24) is 4.98 Å². The number of ether oxygens (including phenoxy) is 2. The number of aromatic nitrogens is 1. The number of amides is 1. The van der Waals surface area contributed by atoms with Gasteiger partial charge in [-0.25, -0.2) is 9.78 Å². The van der Waals surface area contributed by atoms with Crippen LogP contribution in [0.2, 0.25) is 0 Å². The quantitative estimate of drug-likeness (QED) is 0.320. The van der Waals surface area contributed by atoms with Crippen molar-refractivity contribution in [3.05, 3.63) is 74.9 Å². The Morgan fingerprint density at radius 2 is 1.86 bits per heavy atom. The maximum Gasteiger partial charge on any atom is 0.350 e. The summed E-state index contributed by atoms with van der Waals surface area (Å²) in [5.41, 5.74) is 2.12. The fraction of sp³-hybridized carbons (Fsp3) is 0.259. The number of fused-ring (bicyclic) bond motifs is 1. The number of rotatable bonds is 8. The van der Waals surface area contributed by atoms with Crippen LogP contribution in [0.4, 0.5) is 5.13 Å². The second-order valence-corrected chi connectivity index (χ2v) is 9.72. The molecule has 2 aromatic heterocycles. The number of benzene rings is 2. The minimum Gasteiger partial charge on any atom is -0.476 e. The first kappa shape index (κ1) is 25.1. The van der Waals surface area contributed by atoms with Gasteiger partial charge in [-0.3, -0.25) is 14.9 Å². The van der Waals surface area contributed by atoms with E-state index in [9.17, 15) is 14.4 Å². The number of anilines is 1. The Hall–Kier alpha value is -3.98. The molecule has 36 heavy (non-hydrogen) atoms. The molecule has 1 amide bonds. The SMILES string of the molecule is Cc1ccc2c(=O)c(OCC(=O)Nc3nc(C)c(C(=O)OCC(C)C)s3)c(-c3ccccc3)oc2c1. The lowest BCUT2D eigenvalue weighted by molar-refractivity contribution is -0.118. The second kappa shape index (κ2) is 10.7. The Morgan fingerprint density at radius 3 is 2.58 bits per heavy atom. The predicted molar refractivity (Wildman–Crippen MR) is 139 cm³/mol. The molecule has 4 aromatic rings. The summed E-state index contributed by atoms with van der Waals surface area (Å²) >= 11 is 1.02. The van der Waals surface area contributed by atoms with Crippen LogP contribution in [0.5, 0.6) is 5.75 Å². The van der Waals surface area contributed by atoms with E-state index in [0.29, 0.717) is 33.7 Å². The minimum absolute atomic E-state index is 0.0547. The number of esters is 1. The molecule has 0 saturated heterocycles. The monoisotopic (exact) mass is 506 g/mol. The highest BCUT2D eigenvalue weighted by molar-refractivity contribution is 7.17. The van der Waals surface area contributed by atoms with E-state index in [-0.39, 0.29) is 28.0 Å². The largest absolute Gasteiger partial charge is 0.476 e. The number of nitrogens with zero attached hydrogens (tertiary/aromatic N) is 1. The molecule has 1 N–H and O–H groups in total. The number of hydrogen-bond donors (Lipinski definition) is 1. The highest BCUT2D eigenvalue weighted by atomic mass is 32.1. The number of carbonyl (C=O) groups excluding carboxylic acids is 2. The maximum absolute atomic E-state index is 13.3. The van der Waals surface area contributed by atoms with Crippen molar-refractivity contribution in [2.24, 2.45) is 5.92 Å². The molecule has 2 aromatic carbocycles. The predicted octanol–water partition coefficient (Wildman–Crippen LogP) is 5.36. The van der Waals surface area contributed by atoms with Gasteiger partial charge in [0.2, 0.25) is 11.2 Å². The van der Waals surface area contributed by atoms with Gasteiger partial charge in [0.25, 0.3) is 5.91 Å². The third-order valence-electron chi connectivity index (χ3n) is 5.17. The van der Waals surface area contributed by atoms with Crippen LogP contribution in [0.25, 0.3) is 22.3 Å². The summed E-state index contributed by atoms with van der Waals surface area (Å²) < 4.78 is 17.0. The summed E-state index contributed by atoms with van der Waals surface area (Å²) in [4.78, 5) is 42.7. The van der Waals surface area contributed by atoms with Crippen molar-refractivity contribution in [1.29, 1.82) is 0 Å². The Kier molecular flexibility index (Phi) is 7.49. The molecule has 0 aliphatic heterocycles. The molecule has 0 atom stereocenters. The van der Waals surface area contributed by atoms with Crippen LogP contribution in [0, 0.1) is 19.8 Å². The van der Waals surface area contributed by atoms with Crippen molar-refractivity contribution in [2.75, 3.05) is 18.5 Å². The molecule has 0 saturated carbocycles. The van der Waals surface area contributed by atoms with E-state index >= 15 is 0 Å². The average molecular weight is 507 g/mol. The van der Waals surface area contributed by atoms with Crippen molar-refractivity contribution < 1.29 is 23.5 Å². The van der Waals surface area contributed by atoms with Crippen LogP contribution in [-0.2, 0) is 9.53 Å². The van der Waals surface area contributed by atoms with E-state index < -0.39 is 18.5 Å². The lowest BCUT2D eigenvalue weighted by atomic mass is 10.1. The Balaban J connectivity index is 1.55. The van der Waals surface area contributed by atoms with Gasteiger partial charge in [-0.05, 0) is 37.5 Å². The first-order valence-corrected chi connectivity index (χ1v) is 12.2. The van der Waals surface area contributed by atoms with Crippen molar-refractivity contribution in [3.8, 4) is 17.1 Å². The van der Waals surface area contributed by atoms with Crippen LogP contribution in [0.15, 0.2) is 57.7 Å². The molecular formula is C27H26N2O6S. The van der Waals surface area contributed by atoms with Gasteiger partial charge in [-0.2, -0.15) is 0 Å². The summed E-state index contributed by atoms with van der Waals surface area (Å²) in [6, 6.07) is 14.4. The molecule has 0 aliphatic rings. The zero-order valence-electron chi connectivity index (χ0n) is 20.4. The number of aryl methyl sites for hydroxylation is 2. The Morgan fingerprint density at radius 1 is 1.11 bits per heavy atom. The maximum atomic E-state index is 13.3. The standard InChI is InChI=1S/C27H26N2O6S/c1-15(2)13-34-26(32)25-17(4)28-27(36-25)29-21(30)14-33-24-22(31)19-11-10-16(3)12-20(19)35-23(24)18-8-6-5-7-9-18/h5-12,15H,13-14H2,1-4H3,(H,28,29,30). The van der Waals surface area contributed by atoms with Crippen molar-refractivity contribution >= 4 is 39.3 Å². The van der Waals surface area contributed by atoms with Gasteiger partial charge < -0.3 is 13.9 Å².